The number of sulfonamides is 4. The third-order valence-electron chi connectivity index (χ3n) is 14.3. The number of nitrogens with zero attached hydrogens (tertiary/aromatic N) is 3. The molecular formula is C87H112Cl4N14O25S4. The number of amides is 10. The number of hydrazone groups is 1. The van der Waals surface area contributed by atoms with Crippen molar-refractivity contribution in [2.24, 2.45) is 21.9 Å². The summed E-state index contributed by atoms with van der Waals surface area (Å²) in [6, 6.07) is 75.8. The molecule has 0 spiro atoms. The van der Waals surface area contributed by atoms with E-state index in [1.54, 1.807) is 124 Å². The molecule has 0 aromatic heterocycles. The van der Waals surface area contributed by atoms with Gasteiger partial charge < -0.3 is 48.6 Å². The zero-order chi connectivity index (χ0) is 101. The molecule has 0 radical (unpaired) electrons. The van der Waals surface area contributed by atoms with Gasteiger partial charge in [-0.2, -0.15) is 5.10 Å². The van der Waals surface area contributed by atoms with E-state index in [0.29, 0.717) is 32.9 Å². The average Bonchev–Trinajstić information content (AvgIpc) is 0.846. The summed E-state index contributed by atoms with van der Waals surface area (Å²) in [6.07, 6.45) is 0.339. The van der Waals surface area contributed by atoms with Crippen molar-refractivity contribution in [1.82, 2.24) is 51.1 Å². The molecule has 0 unspecified atom stereocenters. The number of ether oxygens (including phenoxy) is 7. The molecular weight excluding hydrogens is 1910 g/mol. The van der Waals surface area contributed by atoms with Gasteiger partial charge in [0.05, 0.1) is 32.8 Å². The molecule has 0 fully saturated rings. The molecule has 14 N–H and O–H groups in total. The van der Waals surface area contributed by atoms with Crippen LogP contribution in [0.15, 0.2) is 298 Å². The number of carbonyl (C=O) groups excluding carboxylic acids is 10. The van der Waals surface area contributed by atoms with Gasteiger partial charge in [-0.25, -0.2) is 124 Å². The first-order valence-electron chi connectivity index (χ1n) is 39.8. The summed E-state index contributed by atoms with van der Waals surface area (Å²) in [4.78, 5) is 108. The van der Waals surface area contributed by atoms with Gasteiger partial charge in [0, 0.05) is 44.0 Å². The Hall–Kier alpha value is -13.2. The number of hydrogen-bond donors (Lipinski definition) is 11. The van der Waals surface area contributed by atoms with E-state index in [0.717, 1.165) is 57.0 Å². The van der Waals surface area contributed by atoms with Crippen LogP contribution in [0.3, 0.4) is 0 Å². The van der Waals surface area contributed by atoms with E-state index < -0.39 is 86.3 Å². The van der Waals surface area contributed by atoms with Crippen LogP contribution in [0, 0.1) is 0 Å². The number of halogens is 4. The van der Waals surface area contributed by atoms with Crippen molar-refractivity contribution in [2.75, 3.05) is 39.4 Å². The molecule has 10 amide bonds. The van der Waals surface area contributed by atoms with Gasteiger partial charge in [0.15, 0.2) is 4.30 Å². The highest BCUT2D eigenvalue weighted by molar-refractivity contribution is 7.90. The number of alkyl carbamates (subject to hydrolysis) is 2. The molecule has 9 aromatic rings. The quantitative estimate of drug-likeness (QED) is 0.00350. The fourth-order valence-corrected chi connectivity index (χ4v) is 11.7. The summed E-state index contributed by atoms with van der Waals surface area (Å²) in [5.74, 6) is 10.1. The van der Waals surface area contributed by atoms with E-state index in [1.807, 2.05) is 156 Å². The SMILES string of the molecule is C/C=N/NC(=O)OCc1ccccc1.CC=O.CCCNC(=O)OCc1ccccc1.CCCNC(=O)OCc1ccccc1.CCN(N)C(=O)NS(=O)(=O)c1ccccc1.CCN(NC(=O)OCc1ccccc1)C(=O)NS(=O)(=O)c1ccccc1.CCOC(=O)Cl.CCOC(=O)NS(=O)(=O)c1ccccc1.ClC(Cl)Cl.NNC(=O)OCc1ccccc1.NS(=O)(=O)c1ccccc1. The number of rotatable bonds is 26. The highest BCUT2D eigenvalue weighted by atomic mass is 35.6. The molecule has 9 aromatic carbocycles. The minimum Gasteiger partial charge on any atom is -0.454 e. The lowest BCUT2D eigenvalue weighted by Crippen LogP contribution is -2.51. The molecule has 0 atom stereocenters. The zero-order valence-electron chi connectivity index (χ0n) is 74.3. The fourth-order valence-electron chi connectivity index (χ4n) is 8.24. The van der Waals surface area contributed by atoms with Crippen LogP contribution >= 0.6 is 46.4 Å². The Labute approximate surface area is 800 Å². The second-order valence-corrected chi connectivity index (χ2v) is 33.4. The predicted molar refractivity (Wildman–Crippen MR) is 508 cm³/mol. The zero-order valence-corrected chi connectivity index (χ0v) is 80.6. The van der Waals surface area contributed by atoms with Gasteiger partial charge in [0.2, 0.25) is 10.0 Å². The molecule has 0 bridgehead atoms. The minimum absolute atomic E-state index is 0.0212. The highest BCUT2D eigenvalue weighted by Crippen LogP contribution is 2.13. The molecule has 47 heteroatoms. The smallest absolute Gasteiger partial charge is 0.428 e. The van der Waals surface area contributed by atoms with Crippen LogP contribution in [0.25, 0.3) is 0 Å². The maximum Gasteiger partial charge on any atom is 0.428 e. The third kappa shape index (κ3) is 65.4. The van der Waals surface area contributed by atoms with Crippen LogP contribution < -0.4 is 57.9 Å². The maximum absolute atomic E-state index is 12.2. The van der Waals surface area contributed by atoms with Gasteiger partial charge in [-0.15, -0.1) is 0 Å². The summed E-state index contributed by atoms with van der Waals surface area (Å²) in [7, 11) is -15.2. The van der Waals surface area contributed by atoms with Crippen molar-refractivity contribution >= 4 is 153 Å². The van der Waals surface area contributed by atoms with Crippen molar-refractivity contribution in [2.45, 2.75) is 125 Å². The standard InChI is InChI=1S/C17H19N3O5S.2C11H15NO2.C10H12N2O2.C9H13N3O3S.C9H11NO4S.C8H10N2O2.C6H7NO2S.C3H5ClO2.C2H4O.CHCl3/c1-2-20(18-17(22)25-13-14-9-5-3-6-10-14)16(21)19-26(23,24)15-11-7-4-8-12-15;2*1-2-8-12-11(13)14-9-10-6-4-3-5-7-10;1-2-11-12-10(13)14-8-9-6-4-3-5-7-9;1-2-12(10)9(13)11-16(14,15)8-6-4-3-5-7-8;1-2-14-9(11)10-15(12,13)8-6-4-3-5-7-8;9-10-8(11)12-6-7-4-2-1-3-5-7;7-10(8,9)6-4-2-1-3-5-6;1-2-6-3(4)5;1-2-3;2-1(3)4/h3-12H,2,13H2,1H3,(H,18,22)(H,19,21);2*3-7H,2,8-9H2,1H3,(H,12,13);2-7H,8H2,1H3,(H,12,13);3-7H,2,10H2,1H3,(H,11,13);3-7H,2H2,1H3,(H,10,11);1-5H,6,9H2,(H,10,11);1-5H,(H2,7,8,9);2H2,1H3;2H,1H3;1H/b;;;11-2+;;;;;;;. The summed E-state index contributed by atoms with van der Waals surface area (Å²) in [6.45, 7) is 16.9. The Morgan fingerprint density at radius 3 is 0.896 bits per heavy atom. The number of nitrogens with two attached hydrogens (primary N) is 3. The van der Waals surface area contributed by atoms with Gasteiger partial charge in [-0.3, -0.25) is 10.4 Å². The predicted octanol–water partition coefficient (Wildman–Crippen LogP) is 14.9. The van der Waals surface area contributed by atoms with Crippen LogP contribution in [-0.4, -0.2) is 154 Å². The topological polar surface area (TPSA) is 565 Å². The van der Waals surface area contributed by atoms with Crippen LogP contribution in [0.2, 0.25) is 0 Å². The summed E-state index contributed by atoms with van der Waals surface area (Å²) in [5, 5.41) is 15.2. The molecule has 0 aliphatic heterocycles. The number of aldehydes is 1. The Kier molecular flexibility index (Phi) is 69.1. The monoisotopic (exact) mass is 2020 g/mol. The molecule has 9 rings (SSSR count). The number of benzene rings is 9. The number of urea groups is 2. The largest absolute Gasteiger partial charge is 0.454 e. The van der Waals surface area contributed by atoms with Gasteiger partial charge in [-0.1, -0.05) is 273 Å². The van der Waals surface area contributed by atoms with Crippen LogP contribution in [-0.2, 0) is 111 Å². The van der Waals surface area contributed by atoms with E-state index in [2.05, 4.69) is 36.1 Å². The van der Waals surface area contributed by atoms with Gasteiger partial charge in [-0.05, 0) is 131 Å². The van der Waals surface area contributed by atoms with Gasteiger partial charge >= 0.3 is 54.1 Å². The van der Waals surface area contributed by atoms with Crippen molar-refractivity contribution in [3.05, 3.63) is 301 Å². The molecule has 0 heterocycles. The first-order valence-corrected chi connectivity index (χ1v) is 47.4. The lowest BCUT2D eigenvalue weighted by atomic mass is 10.2. The normalized spacial score (nSPS) is 9.97. The first kappa shape index (κ1) is 123. The number of hydrazine groups is 3. The molecule has 0 aliphatic rings. The van der Waals surface area contributed by atoms with Crippen molar-refractivity contribution in [3.8, 4) is 0 Å². The van der Waals surface area contributed by atoms with Crippen LogP contribution in [0.5, 0.6) is 0 Å². The van der Waals surface area contributed by atoms with E-state index in [9.17, 15) is 76.8 Å². The third-order valence-corrected chi connectivity index (χ3v) is 19.4. The van der Waals surface area contributed by atoms with E-state index in [4.69, 9.17) is 91.7 Å². The van der Waals surface area contributed by atoms with Crippen molar-refractivity contribution < 1.29 is 115 Å². The summed E-state index contributed by atoms with van der Waals surface area (Å²) >= 11 is 19.1. The van der Waals surface area contributed by atoms with Crippen LogP contribution in [0.4, 0.5) is 43.2 Å². The van der Waals surface area contributed by atoms with Crippen molar-refractivity contribution in [1.29, 1.82) is 0 Å². The molecule has 732 valence electrons. The minimum atomic E-state index is -4.04. The number of hydrogen-bond acceptors (Lipinski definition) is 28. The summed E-state index contributed by atoms with van der Waals surface area (Å²) < 4.78 is 130. The Bertz CT molecular complexity index is 5210. The average molecular weight is 2020 g/mol. The molecule has 0 aliphatic carbocycles. The number of alkyl halides is 3. The number of primary sulfonamides is 1. The second kappa shape index (κ2) is 75.3. The Balaban J connectivity index is 0. The Morgan fingerprint density at radius 1 is 0.381 bits per heavy atom. The lowest BCUT2D eigenvalue weighted by molar-refractivity contribution is -0.106. The summed E-state index contributed by atoms with van der Waals surface area (Å²) in [5.41, 5.74) is 10.2. The number of nitrogens with one attached hydrogen (secondary N) is 8. The molecule has 39 nitrogen and oxygen atoms in total. The fraction of sp³-hybridized carbons (Fsp3) is 0.253. The van der Waals surface area contributed by atoms with E-state index in [-0.39, 0.29) is 71.3 Å². The van der Waals surface area contributed by atoms with E-state index >= 15 is 0 Å². The van der Waals surface area contributed by atoms with Crippen molar-refractivity contribution in [3.63, 3.8) is 0 Å². The molecule has 134 heavy (non-hydrogen) atoms. The second-order valence-electron chi connectivity index (χ2n) is 24.5. The van der Waals surface area contributed by atoms with Gasteiger partial charge in [0.1, 0.15) is 39.3 Å². The molecule has 0 saturated heterocycles. The number of carbonyl (C=O) groups is 10. The van der Waals surface area contributed by atoms with E-state index in [1.165, 1.54) is 73.8 Å². The maximum atomic E-state index is 12.2. The molecule has 0 saturated carbocycles. The van der Waals surface area contributed by atoms with Crippen LogP contribution in [0.1, 0.15) is 96.0 Å². The van der Waals surface area contributed by atoms with Gasteiger partial charge in [0.25, 0.3) is 30.1 Å². The first-order chi connectivity index (χ1) is 63.8. The highest BCUT2D eigenvalue weighted by Gasteiger charge is 2.24. The lowest BCUT2D eigenvalue weighted by Gasteiger charge is -2.21. The Morgan fingerprint density at radius 2 is 0.649 bits per heavy atom.